The lowest BCUT2D eigenvalue weighted by Crippen LogP contribution is -1.96. The van der Waals surface area contributed by atoms with E-state index >= 15 is 0 Å². The summed E-state index contributed by atoms with van der Waals surface area (Å²) in [6, 6.07) is 27.8. The van der Waals surface area contributed by atoms with Gasteiger partial charge in [-0.05, 0) is 51.1 Å². The lowest BCUT2D eigenvalue weighted by atomic mass is 9.83. The molecule has 0 N–H and O–H groups in total. The highest BCUT2D eigenvalue weighted by Crippen LogP contribution is 2.43. The zero-order valence-electron chi connectivity index (χ0n) is 15.6. The molecule has 0 aliphatic heterocycles. The van der Waals surface area contributed by atoms with Crippen LogP contribution in [0.5, 0.6) is 0 Å². The van der Waals surface area contributed by atoms with Crippen molar-refractivity contribution in [2.75, 3.05) is 0 Å². The molecule has 0 fully saturated rings. The van der Waals surface area contributed by atoms with Gasteiger partial charge in [-0.15, -0.1) is 0 Å². The zero-order valence-corrected chi connectivity index (χ0v) is 15.6. The second-order valence-corrected chi connectivity index (χ2v) is 6.77. The standard InChI is InChI=1S/C27H22/c1-4-22-23(5-2)27(21-15-11-12-19(3)18-21)25-17-10-9-16-24(25)26(22)20-13-7-6-8-14-20/h4-18H,1-2H2,3H3. The Kier molecular flexibility index (Phi) is 4.48. The minimum atomic E-state index is 1.13. The number of benzene rings is 4. The van der Waals surface area contributed by atoms with Gasteiger partial charge in [-0.1, -0.05) is 110 Å². The molecule has 0 bridgehead atoms. The van der Waals surface area contributed by atoms with E-state index in [2.05, 4.69) is 98.9 Å². The van der Waals surface area contributed by atoms with Crippen LogP contribution in [-0.4, -0.2) is 0 Å². The topological polar surface area (TPSA) is 0 Å². The highest BCUT2D eigenvalue weighted by atomic mass is 14.2. The van der Waals surface area contributed by atoms with E-state index in [0.29, 0.717) is 0 Å². The first kappa shape index (κ1) is 17.1. The Labute approximate surface area is 161 Å². The zero-order chi connectivity index (χ0) is 18.8. The number of hydrogen-bond donors (Lipinski definition) is 0. The molecule has 4 aromatic rings. The lowest BCUT2D eigenvalue weighted by molar-refractivity contribution is 1.47. The van der Waals surface area contributed by atoms with Crippen LogP contribution in [0.15, 0.2) is 92.0 Å². The number of rotatable bonds is 4. The summed E-state index contributed by atoms with van der Waals surface area (Å²) in [5.41, 5.74) is 8.36. The fourth-order valence-corrected chi connectivity index (χ4v) is 3.93. The third-order valence-corrected chi connectivity index (χ3v) is 5.07. The maximum Gasteiger partial charge on any atom is -0.00265 e. The monoisotopic (exact) mass is 346 g/mol. The summed E-state index contributed by atoms with van der Waals surface area (Å²) >= 11 is 0. The van der Waals surface area contributed by atoms with E-state index in [0.717, 1.165) is 11.1 Å². The summed E-state index contributed by atoms with van der Waals surface area (Å²) in [5.74, 6) is 0. The van der Waals surface area contributed by atoms with Gasteiger partial charge in [-0.2, -0.15) is 0 Å². The molecule has 0 heteroatoms. The largest absolute Gasteiger partial charge is 0.0984 e. The van der Waals surface area contributed by atoms with Crippen molar-refractivity contribution in [3.8, 4) is 22.3 Å². The van der Waals surface area contributed by atoms with E-state index < -0.39 is 0 Å². The van der Waals surface area contributed by atoms with Crippen LogP contribution in [0.3, 0.4) is 0 Å². The molecule has 0 saturated heterocycles. The smallest absolute Gasteiger partial charge is 0.00265 e. The van der Waals surface area contributed by atoms with E-state index in [-0.39, 0.29) is 0 Å². The van der Waals surface area contributed by atoms with E-state index in [9.17, 15) is 0 Å². The minimum absolute atomic E-state index is 1.13. The molecular formula is C27H22. The summed E-state index contributed by atoms with van der Waals surface area (Å²) in [4.78, 5) is 0. The number of aryl methyl sites for hydroxylation is 1. The maximum atomic E-state index is 4.14. The molecule has 4 aromatic carbocycles. The molecule has 0 nitrogen and oxygen atoms in total. The molecule has 0 atom stereocenters. The molecule has 0 aliphatic rings. The average Bonchev–Trinajstić information content (AvgIpc) is 2.72. The van der Waals surface area contributed by atoms with Crippen molar-refractivity contribution < 1.29 is 0 Å². The lowest BCUT2D eigenvalue weighted by Gasteiger charge is -2.20. The minimum Gasteiger partial charge on any atom is -0.0984 e. The molecule has 130 valence electrons. The molecule has 0 amide bonds. The summed E-state index contributed by atoms with van der Waals surface area (Å²) in [7, 11) is 0. The Morgan fingerprint density at radius 3 is 1.67 bits per heavy atom. The molecule has 0 spiro atoms. The highest BCUT2D eigenvalue weighted by Gasteiger charge is 2.18. The van der Waals surface area contributed by atoms with Crippen molar-refractivity contribution in [2.45, 2.75) is 6.92 Å². The average molecular weight is 346 g/mol. The van der Waals surface area contributed by atoms with Crippen LogP contribution in [0.2, 0.25) is 0 Å². The van der Waals surface area contributed by atoms with Crippen molar-refractivity contribution in [3.05, 3.63) is 109 Å². The van der Waals surface area contributed by atoms with Gasteiger partial charge in [0.25, 0.3) is 0 Å². The first-order valence-electron chi connectivity index (χ1n) is 9.20. The van der Waals surface area contributed by atoms with Crippen LogP contribution in [0.25, 0.3) is 45.2 Å². The normalized spacial score (nSPS) is 10.7. The maximum absolute atomic E-state index is 4.14. The van der Waals surface area contributed by atoms with Crippen LogP contribution < -0.4 is 0 Å². The van der Waals surface area contributed by atoms with Crippen molar-refractivity contribution >= 4 is 22.9 Å². The van der Waals surface area contributed by atoms with E-state index in [1.165, 1.54) is 38.6 Å². The Bertz CT molecular complexity index is 1150. The third kappa shape index (κ3) is 2.90. The van der Waals surface area contributed by atoms with Gasteiger partial charge in [-0.25, -0.2) is 0 Å². The molecule has 0 aromatic heterocycles. The van der Waals surface area contributed by atoms with Crippen LogP contribution in [0, 0.1) is 6.92 Å². The van der Waals surface area contributed by atoms with Gasteiger partial charge >= 0.3 is 0 Å². The summed E-state index contributed by atoms with van der Waals surface area (Å²) < 4.78 is 0. The second kappa shape index (κ2) is 7.09. The first-order chi connectivity index (χ1) is 13.2. The third-order valence-electron chi connectivity index (χ3n) is 5.07. The predicted octanol–water partition coefficient (Wildman–Crippen LogP) is 7.77. The van der Waals surface area contributed by atoms with E-state index in [1.54, 1.807) is 0 Å². The predicted molar refractivity (Wildman–Crippen MR) is 120 cm³/mol. The van der Waals surface area contributed by atoms with Gasteiger partial charge in [0.05, 0.1) is 0 Å². The van der Waals surface area contributed by atoms with Gasteiger partial charge < -0.3 is 0 Å². The SMILES string of the molecule is C=Cc1c(C=C)c(-c2cccc(C)c2)c2ccccc2c1-c1ccccc1. The Morgan fingerprint density at radius 2 is 1.11 bits per heavy atom. The quantitative estimate of drug-likeness (QED) is 0.354. The Hall–Kier alpha value is -3.38. The van der Waals surface area contributed by atoms with Crippen LogP contribution >= 0.6 is 0 Å². The molecule has 27 heavy (non-hydrogen) atoms. The summed E-state index contributed by atoms with van der Waals surface area (Å²) in [6.07, 6.45) is 3.93. The van der Waals surface area contributed by atoms with Crippen LogP contribution in [-0.2, 0) is 0 Å². The van der Waals surface area contributed by atoms with Gasteiger partial charge in [0.15, 0.2) is 0 Å². The molecule has 4 rings (SSSR count). The molecule has 0 radical (unpaired) electrons. The van der Waals surface area contributed by atoms with Crippen molar-refractivity contribution in [2.24, 2.45) is 0 Å². The molecule has 0 unspecified atom stereocenters. The summed E-state index contributed by atoms with van der Waals surface area (Å²) in [5, 5.41) is 2.48. The fourth-order valence-electron chi connectivity index (χ4n) is 3.93. The number of fused-ring (bicyclic) bond motifs is 1. The van der Waals surface area contributed by atoms with Gasteiger partial charge in [0.1, 0.15) is 0 Å². The molecular weight excluding hydrogens is 324 g/mol. The second-order valence-electron chi connectivity index (χ2n) is 6.77. The van der Waals surface area contributed by atoms with Crippen molar-refractivity contribution in [1.29, 1.82) is 0 Å². The number of hydrogen-bond acceptors (Lipinski definition) is 0. The Balaban J connectivity index is 2.21. The van der Waals surface area contributed by atoms with Crippen LogP contribution in [0.1, 0.15) is 16.7 Å². The fraction of sp³-hybridized carbons (Fsp3) is 0.0370. The Morgan fingerprint density at radius 1 is 0.593 bits per heavy atom. The highest BCUT2D eigenvalue weighted by molar-refractivity contribution is 6.11. The van der Waals surface area contributed by atoms with E-state index in [1.807, 2.05) is 12.2 Å². The van der Waals surface area contributed by atoms with Gasteiger partial charge in [0.2, 0.25) is 0 Å². The van der Waals surface area contributed by atoms with E-state index in [4.69, 9.17) is 0 Å². The van der Waals surface area contributed by atoms with Gasteiger partial charge in [-0.3, -0.25) is 0 Å². The molecule has 0 aliphatic carbocycles. The first-order valence-corrected chi connectivity index (χ1v) is 9.20. The van der Waals surface area contributed by atoms with Gasteiger partial charge in [0, 0.05) is 0 Å². The molecule has 0 saturated carbocycles. The van der Waals surface area contributed by atoms with Crippen molar-refractivity contribution in [3.63, 3.8) is 0 Å². The molecule has 0 heterocycles. The van der Waals surface area contributed by atoms with Crippen molar-refractivity contribution in [1.82, 2.24) is 0 Å². The summed E-state index contributed by atoms with van der Waals surface area (Å²) in [6.45, 7) is 10.4. The van der Waals surface area contributed by atoms with Crippen LogP contribution in [0.4, 0.5) is 0 Å².